The quantitative estimate of drug-likeness (QED) is 0.174. The number of hydrogen-bond donors (Lipinski definition) is 5. The third-order valence-electron chi connectivity index (χ3n) is 6.47. The van der Waals surface area contributed by atoms with Gasteiger partial charge < -0.3 is 36.8 Å². The number of benzene rings is 2. The fraction of sp³-hybridized carbons (Fsp3) is 0.290. The lowest BCUT2D eigenvalue weighted by Crippen LogP contribution is -2.42. The summed E-state index contributed by atoms with van der Waals surface area (Å²) in [5.74, 6) is -1.19. The molecule has 6 N–H and O–H groups in total. The van der Waals surface area contributed by atoms with Crippen LogP contribution >= 0.6 is 0 Å². The first kappa shape index (κ1) is 33.2. The Bertz CT molecular complexity index is 1510. The fourth-order valence-electron chi connectivity index (χ4n) is 3.81. The Hall–Kier alpha value is -5.30. The molecule has 0 aliphatic heterocycles. The van der Waals surface area contributed by atoms with E-state index in [2.05, 4.69) is 31.2 Å². The first-order valence-electron chi connectivity index (χ1n) is 14.1. The summed E-state index contributed by atoms with van der Waals surface area (Å²) in [5, 5.41) is 11.8. The number of anilines is 5. The number of amides is 4. The Morgan fingerprint density at radius 3 is 2.25 bits per heavy atom. The number of carbonyl (C=O) groups is 4. The van der Waals surface area contributed by atoms with Gasteiger partial charge in [0.25, 0.3) is 5.91 Å². The molecule has 1 heterocycles. The topological polar surface area (TPSA) is 175 Å². The minimum Gasteiger partial charge on any atom is -0.369 e. The average molecular weight is 602 g/mol. The van der Waals surface area contributed by atoms with Gasteiger partial charge in [0.15, 0.2) is 0 Å². The van der Waals surface area contributed by atoms with Gasteiger partial charge in [-0.05, 0) is 63.8 Å². The number of nitrogens with one attached hydrogen (secondary N) is 4. The van der Waals surface area contributed by atoms with Gasteiger partial charge in [-0.3, -0.25) is 19.2 Å². The van der Waals surface area contributed by atoms with Crippen LogP contribution in [0.3, 0.4) is 0 Å². The van der Waals surface area contributed by atoms with Gasteiger partial charge in [0.1, 0.15) is 17.4 Å². The largest absolute Gasteiger partial charge is 0.369 e. The average Bonchev–Trinajstić information content (AvgIpc) is 3.00. The number of aromatic nitrogens is 2. The lowest BCUT2D eigenvalue weighted by molar-refractivity contribution is -0.132. The highest BCUT2D eigenvalue weighted by Crippen LogP contribution is 2.24. The van der Waals surface area contributed by atoms with Crippen molar-refractivity contribution < 1.29 is 19.2 Å². The molecule has 0 saturated heterocycles. The summed E-state index contributed by atoms with van der Waals surface area (Å²) in [5.41, 5.74) is 7.22. The van der Waals surface area contributed by atoms with E-state index >= 15 is 0 Å². The number of rotatable bonds is 14. The molecule has 0 aliphatic carbocycles. The molecule has 13 nitrogen and oxygen atoms in total. The Labute approximate surface area is 256 Å². The van der Waals surface area contributed by atoms with E-state index in [0.29, 0.717) is 41.5 Å². The van der Waals surface area contributed by atoms with Gasteiger partial charge in [-0.2, -0.15) is 4.98 Å². The van der Waals surface area contributed by atoms with Crippen molar-refractivity contribution in [3.63, 3.8) is 0 Å². The molecule has 3 aromatic rings. The third-order valence-corrected chi connectivity index (χ3v) is 6.47. The van der Waals surface area contributed by atoms with E-state index in [1.165, 1.54) is 17.2 Å². The summed E-state index contributed by atoms with van der Waals surface area (Å²) in [6.45, 7) is 4.77. The van der Waals surface area contributed by atoms with Gasteiger partial charge in [0, 0.05) is 43.7 Å². The molecule has 0 fully saturated rings. The van der Waals surface area contributed by atoms with Gasteiger partial charge in [-0.15, -0.1) is 0 Å². The number of likely N-dealkylation sites (N-methyl/N-ethyl adjacent to an activating group) is 2. The number of carbonyl (C=O) groups excluding carboxylic acids is 4. The van der Waals surface area contributed by atoms with Crippen LogP contribution in [-0.4, -0.2) is 83.7 Å². The van der Waals surface area contributed by atoms with E-state index in [-0.39, 0.29) is 17.4 Å². The lowest BCUT2D eigenvalue weighted by Gasteiger charge is -2.23. The molecule has 3 rings (SSSR count). The highest BCUT2D eigenvalue weighted by atomic mass is 16.2. The summed E-state index contributed by atoms with van der Waals surface area (Å²) in [6, 6.07) is 12.5. The van der Waals surface area contributed by atoms with Gasteiger partial charge in [-0.1, -0.05) is 25.1 Å². The zero-order valence-electron chi connectivity index (χ0n) is 25.5. The molecule has 4 amide bonds. The smallest absolute Gasteiger partial charge is 0.261 e. The number of primary amides is 1. The van der Waals surface area contributed by atoms with Crippen LogP contribution in [0.2, 0.25) is 0 Å². The first-order valence-corrected chi connectivity index (χ1v) is 14.1. The van der Waals surface area contributed by atoms with Crippen molar-refractivity contribution in [2.24, 2.45) is 5.73 Å². The Balaban J connectivity index is 1.75. The minimum absolute atomic E-state index is 0.192. The molecule has 0 bridgehead atoms. The van der Waals surface area contributed by atoms with Crippen LogP contribution in [0.4, 0.5) is 28.8 Å². The van der Waals surface area contributed by atoms with E-state index in [1.54, 1.807) is 68.6 Å². The molecule has 13 heteroatoms. The summed E-state index contributed by atoms with van der Waals surface area (Å²) >= 11 is 0. The molecule has 44 heavy (non-hydrogen) atoms. The molecule has 2 aromatic carbocycles. The normalized spacial score (nSPS) is 11.6. The van der Waals surface area contributed by atoms with Crippen LogP contribution in [0.5, 0.6) is 0 Å². The van der Waals surface area contributed by atoms with Gasteiger partial charge >= 0.3 is 0 Å². The van der Waals surface area contributed by atoms with Crippen molar-refractivity contribution in [1.29, 1.82) is 0 Å². The second kappa shape index (κ2) is 15.8. The number of nitrogens with two attached hydrogens (primary N) is 1. The monoisotopic (exact) mass is 601 g/mol. The van der Waals surface area contributed by atoms with Crippen LogP contribution in [0, 0.1) is 0 Å². The van der Waals surface area contributed by atoms with Crippen LogP contribution in [0.15, 0.2) is 66.9 Å². The molecule has 1 atom stereocenters. The SMILES string of the molecule is CCCNc1nc(Nc2ccc(C(N)=O)cc2)ncc1C(=O)Nc1ccccc1NC(=O)[C@H](C)N(C)C(=O)/C=C/CN(C)C. The summed E-state index contributed by atoms with van der Waals surface area (Å²) in [6.07, 6.45) is 5.35. The maximum Gasteiger partial charge on any atom is 0.261 e. The standard InChI is InChI=1S/C31H39N9O4/c1-6-17-33-28-23(19-34-31(38-28)35-22-15-13-21(14-16-22)27(32)42)30(44)37-25-11-8-7-10-24(25)36-29(43)20(2)40(5)26(41)12-9-18-39(3)4/h7-16,19-20H,6,17-18H2,1-5H3,(H2,32,42)(H,36,43)(H,37,44)(H2,33,34,35,38)/b12-9+/t20-/m0/s1. The predicted octanol–water partition coefficient (Wildman–Crippen LogP) is 3.30. The summed E-state index contributed by atoms with van der Waals surface area (Å²) in [7, 11) is 5.34. The molecule has 0 saturated carbocycles. The van der Waals surface area contributed by atoms with Crippen molar-refractivity contribution in [2.45, 2.75) is 26.3 Å². The van der Waals surface area contributed by atoms with E-state index in [0.717, 1.165) is 6.42 Å². The Morgan fingerprint density at radius 2 is 1.64 bits per heavy atom. The molecule has 0 radical (unpaired) electrons. The molecule has 0 aliphatic rings. The van der Waals surface area contributed by atoms with Crippen LogP contribution in [-0.2, 0) is 9.59 Å². The molecule has 1 aromatic heterocycles. The number of para-hydroxylation sites is 2. The predicted molar refractivity (Wildman–Crippen MR) is 172 cm³/mol. The highest BCUT2D eigenvalue weighted by molar-refractivity contribution is 6.10. The van der Waals surface area contributed by atoms with E-state index in [9.17, 15) is 19.2 Å². The second-order valence-electron chi connectivity index (χ2n) is 10.2. The van der Waals surface area contributed by atoms with Gasteiger partial charge in [0.2, 0.25) is 23.7 Å². The zero-order chi connectivity index (χ0) is 32.2. The van der Waals surface area contributed by atoms with Crippen molar-refractivity contribution in [3.05, 3.63) is 78.0 Å². The second-order valence-corrected chi connectivity index (χ2v) is 10.2. The molecular weight excluding hydrogens is 562 g/mol. The summed E-state index contributed by atoms with van der Waals surface area (Å²) < 4.78 is 0. The maximum absolute atomic E-state index is 13.4. The van der Waals surface area contributed by atoms with Crippen molar-refractivity contribution in [3.8, 4) is 0 Å². The molecule has 232 valence electrons. The number of nitrogens with zero attached hydrogens (tertiary/aromatic N) is 4. The maximum atomic E-state index is 13.4. The Kier molecular flexibility index (Phi) is 11.9. The zero-order valence-corrected chi connectivity index (χ0v) is 25.5. The number of hydrogen-bond acceptors (Lipinski definition) is 9. The molecule has 0 unspecified atom stereocenters. The fourth-order valence-corrected chi connectivity index (χ4v) is 3.81. The minimum atomic E-state index is -0.777. The van der Waals surface area contributed by atoms with Crippen LogP contribution < -0.4 is 27.0 Å². The van der Waals surface area contributed by atoms with Crippen LogP contribution in [0.1, 0.15) is 41.0 Å². The van der Waals surface area contributed by atoms with E-state index < -0.39 is 23.8 Å². The lowest BCUT2D eigenvalue weighted by atomic mass is 10.2. The van der Waals surface area contributed by atoms with E-state index in [1.807, 2.05) is 25.9 Å². The van der Waals surface area contributed by atoms with Crippen molar-refractivity contribution in [1.82, 2.24) is 19.8 Å². The van der Waals surface area contributed by atoms with Crippen molar-refractivity contribution in [2.75, 3.05) is 55.5 Å². The van der Waals surface area contributed by atoms with Crippen molar-refractivity contribution >= 4 is 52.5 Å². The molecular formula is C31H39N9O4. The first-order chi connectivity index (χ1) is 21.0. The van der Waals surface area contributed by atoms with Gasteiger partial charge in [0.05, 0.1) is 11.4 Å². The van der Waals surface area contributed by atoms with Gasteiger partial charge in [-0.25, -0.2) is 4.98 Å². The van der Waals surface area contributed by atoms with Crippen LogP contribution in [0.25, 0.3) is 0 Å². The summed E-state index contributed by atoms with van der Waals surface area (Å²) in [4.78, 5) is 62.4. The van der Waals surface area contributed by atoms with E-state index in [4.69, 9.17) is 5.73 Å². The highest BCUT2D eigenvalue weighted by Gasteiger charge is 2.23. The molecule has 0 spiro atoms. The third kappa shape index (κ3) is 9.36. The Morgan fingerprint density at radius 1 is 0.977 bits per heavy atom.